The Morgan fingerprint density at radius 3 is 2.35 bits per heavy atom. The molecule has 1 aliphatic carbocycles. The minimum Gasteiger partial charge on any atom is -0.277 e. The first-order chi connectivity index (χ1) is 9.56. The molecule has 2 aliphatic rings. The van der Waals surface area contributed by atoms with Crippen LogP contribution in [0.15, 0.2) is 0 Å². The summed E-state index contributed by atoms with van der Waals surface area (Å²) in [5.74, 6) is -0.646. The molecule has 112 valence electrons. The van der Waals surface area contributed by atoms with Gasteiger partial charge in [-0.25, -0.2) is 4.79 Å². The Balaban J connectivity index is 2.20. The lowest BCUT2D eigenvalue weighted by Crippen LogP contribution is -2.68. The quantitative estimate of drug-likeness (QED) is 0.760. The first-order valence-electron chi connectivity index (χ1n) is 7.76. The van der Waals surface area contributed by atoms with Crippen LogP contribution >= 0.6 is 0 Å². The Bertz CT molecular complexity index is 415. The largest absolute Gasteiger partial charge is 0.331 e. The van der Waals surface area contributed by atoms with E-state index in [0.717, 1.165) is 38.5 Å². The van der Waals surface area contributed by atoms with Crippen molar-refractivity contribution in [1.29, 1.82) is 0 Å². The van der Waals surface area contributed by atoms with Crippen molar-refractivity contribution in [2.45, 2.75) is 71.3 Å². The van der Waals surface area contributed by atoms with Crippen molar-refractivity contribution in [1.82, 2.24) is 10.2 Å². The summed E-state index contributed by atoms with van der Waals surface area (Å²) in [6, 6.07) is -0.592. The summed E-state index contributed by atoms with van der Waals surface area (Å²) in [6.45, 7) is 4.15. The minimum atomic E-state index is -0.938. The lowest BCUT2D eigenvalue weighted by atomic mass is 9.66. The molecule has 20 heavy (non-hydrogen) atoms. The van der Waals surface area contributed by atoms with Gasteiger partial charge in [0, 0.05) is 6.04 Å². The highest BCUT2D eigenvalue weighted by atomic mass is 16.2. The number of hydrogen-bond acceptors (Lipinski definition) is 3. The van der Waals surface area contributed by atoms with Crippen molar-refractivity contribution in [2.24, 2.45) is 5.41 Å². The van der Waals surface area contributed by atoms with Gasteiger partial charge >= 0.3 is 6.03 Å². The molecule has 5 nitrogen and oxygen atoms in total. The first kappa shape index (κ1) is 15.0. The highest BCUT2D eigenvalue weighted by molar-refractivity contribution is 6.19. The van der Waals surface area contributed by atoms with E-state index in [-0.39, 0.29) is 17.9 Å². The molecule has 0 bridgehead atoms. The fraction of sp³-hybridized carbons (Fsp3) is 0.800. The third kappa shape index (κ3) is 2.34. The van der Waals surface area contributed by atoms with Crippen LogP contribution < -0.4 is 5.32 Å². The smallest absolute Gasteiger partial charge is 0.277 e. The molecule has 0 aromatic rings. The Kier molecular flexibility index (Phi) is 4.45. The first-order valence-corrected chi connectivity index (χ1v) is 7.76. The van der Waals surface area contributed by atoms with Crippen molar-refractivity contribution in [3.8, 4) is 0 Å². The molecule has 0 aromatic carbocycles. The highest BCUT2D eigenvalue weighted by Gasteiger charge is 2.58. The lowest BCUT2D eigenvalue weighted by Gasteiger charge is -2.46. The molecule has 1 spiro atoms. The van der Waals surface area contributed by atoms with Gasteiger partial charge in [0.15, 0.2) is 0 Å². The predicted octanol–water partition coefficient (Wildman–Crippen LogP) is 2.59. The number of imide groups is 2. The van der Waals surface area contributed by atoms with E-state index in [1.54, 1.807) is 0 Å². The van der Waals surface area contributed by atoms with Gasteiger partial charge in [0.2, 0.25) is 11.8 Å². The predicted molar refractivity (Wildman–Crippen MR) is 74.9 cm³/mol. The number of rotatable bonds is 6. The second-order valence-corrected chi connectivity index (χ2v) is 5.95. The van der Waals surface area contributed by atoms with E-state index in [0.29, 0.717) is 12.8 Å². The van der Waals surface area contributed by atoms with Gasteiger partial charge in [-0.3, -0.25) is 19.8 Å². The molecule has 1 aliphatic heterocycles. The average Bonchev–Trinajstić information content (AvgIpc) is 2.33. The number of barbiturate groups is 1. The molecule has 2 fully saturated rings. The van der Waals surface area contributed by atoms with E-state index < -0.39 is 11.4 Å². The van der Waals surface area contributed by atoms with Gasteiger partial charge in [-0.15, -0.1) is 0 Å². The van der Waals surface area contributed by atoms with Crippen LogP contribution in [0.1, 0.15) is 65.2 Å². The van der Waals surface area contributed by atoms with Crippen LogP contribution in [0.5, 0.6) is 0 Å². The van der Waals surface area contributed by atoms with Crippen molar-refractivity contribution in [2.75, 3.05) is 0 Å². The lowest BCUT2D eigenvalue weighted by molar-refractivity contribution is -0.159. The number of urea groups is 1. The van der Waals surface area contributed by atoms with Crippen LogP contribution in [0.2, 0.25) is 0 Å². The van der Waals surface area contributed by atoms with E-state index in [1.165, 1.54) is 4.90 Å². The second kappa shape index (κ2) is 5.94. The third-order valence-corrected chi connectivity index (χ3v) is 4.59. The van der Waals surface area contributed by atoms with Crippen LogP contribution in [0.25, 0.3) is 0 Å². The highest BCUT2D eigenvalue weighted by Crippen LogP contribution is 2.45. The average molecular weight is 280 g/mol. The molecule has 0 aromatic heterocycles. The van der Waals surface area contributed by atoms with Gasteiger partial charge in [-0.05, 0) is 25.7 Å². The van der Waals surface area contributed by atoms with Crippen LogP contribution in [0.3, 0.4) is 0 Å². The van der Waals surface area contributed by atoms with Gasteiger partial charge in [-0.1, -0.05) is 39.5 Å². The molecular formula is C15H24N2O3. The Morgan fingerprint density at radius 2 is 1.85 bits per heavy atom. The molecule has 1 N–H and O–H groups in total. The Hall–Kier alpha value is -1.39. The summed E-state index contributed by atoms with van der Waals surface area (Å²) in [7, 11) is 0. The molecule has 0 radical (unpaired) electrons. The van der Waals surface area contributed by atoms with Crippen LogP contribution in [0.4, 0.5) is 4.79 Å². The maximum Gasteiger partial charge on any atom is 0.331 e. The van der Waals surface area contributed by atoms with Crippen molar-refractivity contribution in [3.05, 3.63) is 0 Å². The summed E-state index contributed by atoms with van der Waals surface area (Å²) in [5, 5.41) is 2.40. The van der Waals surface area contributed by atoms with Crippen LogP contribution in [-0.2, 0) is 9.59 Å². The van der Waals surface area contributed by atoms with Gasteiger partial charge in [0.25, 0.3) is 0 Å². The van der Waals surface area contributed by atoms with Crippen molar-refractivity contribution < 1.29 is 14.4 Å². The zero-order valence-electron chi connectivity index (χ0n) is 12.4. The van der Waals surface area contributed by atoms with E-state index in [9.17, 15) is 14.4 Å². The van der Waals surface area contributed by atoms with Gasteiger partial charge in [-0.2, -0.15) is 0 Å². The van der Waals surface area contributed by atoms with Gasteiger partial charge in [0.1, 0.15) is 5.41 Å². The fourth-order valence-corrected chi connectivity index (χ4v) is 3.18. The summed E-state index contributed by atoms with van der Waals surface area (Å²) in [4.78, 5) is 38.1. The van der Waals surface area contributed by atoms with Gasteiger partial charge < -0.3 is 0 Å². The van der Waals surface area contributed by atoms with Crippen LogP contribution in [-0.4, -0.2) is 28.8 Å². The Morgan fingerprint density at radius 1 is 1.15 bits per heavy atom. The summed E-state index contributed by atoms with van der Waals surface area (Å²) < 4.78 is 0. The van der Waals surface area contributed by atoms with E-state index in [1.807, 2.05) is 0 Å². The molecule has 4 amide bonds. The minimum absolute atomic E-state index is 0.0713. The van der Waals surface area contributed by atoms with E-state index >= 15 is 0 Å². The SMILES string of the molecule is CCCCC(CCC)N1C(=O)NC(=O)C2(CCC2)C1=O. The maximum atomic E-state index is 12.7. The van der Waals surface area contributed by atoms with Crippen molar-refractivity contribution in [3.63, 3.8) is 0 Å². The number of carbonyl (C=O) groups excluding carboxylic acids is 3. The second-order valence-electron chi connectivity index (χ2n) is 5.95. The van der Waals surface area contributed by atoms with Gasteiger partial charge in [0.05, 0.1) is 0 Å². The van der Waals surface area contributed by atoms with Crippen LogP contribution in [0, 0.1) is 5.41 Å². The number of unbranched alkanes of at least 4 members (excludes halogenated alkanes) is 1. The fourth-order valence-electron chi connectivity index (χ4n) is 3.18. The van der Waals surface area contributed by atoms with E-state index in [2.05, 4.69) is 19.2 Å². The number of carbonyl (C=O) groups is 3. The molecule has 1 saturated heterocycles. The summed E-state index contributed by atoms with van der Waals surface area (Å²) in [6.07, 6.45) is 6.62. The zero-order valence-corrected chi connectivity index (χ0v) is 12.4. The zero-order chi connectivity index (χ0) is 14.8. The summed E-state index contributed by atoms with van der Waals surface area (Å²) in [5.41, 5.74) is -0.938. The topological polar surface area (TPSA) is 66.5 Å². The molecule has 1 atom stereocenters. The molecule has 1 unspecified atom stereocenters. The molecule has 2 rings (SSSR count). The third-order valence-electron chi connectivity index (χ3n) is 4.59. The Labute approximate surface area is 120 Å². The monoisotopic (exact) mass is 280 g/mol. The number of nitrogens with zero attached hydrogens (tertiary/aromatic N) is 1. The standard InChI is InChI=1S/C15H24N2O3/c1-3-5-8-11(7-4-2)17-13(19)15(9-6-10-15)12(18)16-14(17)20/h11H,3-10H2,1-2H3,(H,16,18,20). The molecule has 1 saturated carbocycles. The number of nitrogens with one attached hydrogen (secondary N) is 1. The van der Waals surface area contributed by atoms with Crippen molar-refractivity contribution >= 4 is 17.8 Å². The normalized spacial score (nSPS) is 22.7. The molecule has 5 heteroatoms. The summed E-state index contributed by atoms with van der Waals surface area (Å²) >= 11 is 0. The number of hydrogen-bond donors (Lipinski definition) is 1. The van der Waals surface area contributed by atoms with E-state index in [4.69, 9.17) is 0 Å². The molecular weight excluding hydrogens is 256 g/mol. The maximum absolute atomic E-state index is 12.7. The number of amides is 4. The molecule has 1 heterocycles.